The van der Waals surface area contributed by atoms with Crippen molar-refractivity contribution in [3.05, 3.63) is 53.9 Å². The van der Waals surface area contributed by atoms with Crippen LogP contribution in [0.5, 0.6) is 0 Å². The van der Waals surface area contributed by atoms with Gasteiger partial charge in [0, 0.05) is 32.3 Å². The molecule has 0 unspecified atom stereocenters. The maximum absolute atomic E-state index is 13.8. The Morgan fingerprint density at radius 3 is 2.77 bits per heavy atom. The van der Waals surface area contributed by atoms with Gasteiger partial charge in [-0.3, -0.25) is 9.59 Å². The highest BCUT2D eigenvalue weighted by Gasteiger charge is 2.37. The first-order chi connectivity index (χ1) is 14.7. The molecule has 1 aromatic carbocycles. The van der Waals surface area contributed by atoms with Crippen LogP contribution in [-0.4, -0.2) is 58.1 Å². The molecule has 9 nitrogen and oxygen atoms in total. The Morgan fingerprint density at radius 2 is 2.13 bits per heavy atom. The molecule has 2 atom stereocenters. The molecule has 1 saturated heterocycles. The van der Waals surface area contributed by atoms with E-state index in [1.54, 1.807) is 36.1 Å². The Morgan fingerprint density at radius 1 is 1.32 bits per heavy atom. The van der Waals surface area contributed by atoms with Crippen LogP contribution in [0.4, 0.5) is 4.39 Å². The van der Waals surface area contributed by atoms with Gasteiger partial charge >= 0.3 is 0 Å². The lowest BCUT2D eigenvalue weighted by molar-refractivity contribution is -0.133. The second kappa shape index (κ2) is 8.22. The molecule has 0 radical (unpaired) electrons. The van der Waals surface area contributed by atoms with E-state index in [1.165, 1.54) is 12.1 Å². The first kappa shape index (κ1) is 21.2. The van der Waals surface area contributed by atoms with E-state index in [2.05, 4.69) is 15.4 Å². The quantitative estimate of drug-likeness (QED) is 0.733. The minimum Gasteiger partial charge on any atom is -0.337 e. The summed E-state index contributed by atoms with van der Waals surface area (Å²) in [6, 6.07) is 4.57. The summed E-state index contributed by atoms with van der Waals surface area (Å²) in [6.07, 6.45) is 3.79. The summed E-state index contributed by atoms with van der Waals surface area (Å²) in [5.41, 5.74) is 0.633. The van der Waals surface area contributed by atoms with E-state index in [4.69, 9.17) is 0 Å². The highest BCUT2D eigenvalue weighted by Crippen LogP contribution is 2.24. The van der Waals surface area contributed by atoms with Crippen LogP contribution in [0, 0.1) is 5.82 Å². The molecule has 2 aliphatic rings. The molecule has 11 heteroatoms. The highest BCUT2D eigenvalue weighted by atomic mass is 32.2. The second-order valence-electron chi connectivity index (χ2n) is 7.70. The van der Waals surface area contributed by atoms with Crippen LogP contribution in [0.1, 0.15) is 36.7 Å². The highest BCUT2D eigenvalue weighted by molar-refractivity contribution is 7.91. The number of aryl methyl sites for hydroxylation is 1. The Labute approximate surface area is 178 Å². The lowest BCUT2D eigenvalue weighted by Crippen LogP contribution is -2.44. The first-order valence-electron chi connectivity index (χ1n) is 9.87. The van der Waals surface area contributed by atoms with Crippen LogP contribution in [0.3, 0.4) is 0 Å². The molecule has 0 bridgehead atoms. The second-order valence-corrected chi connectivity index (χ2v) is 9.93. The van der Waals surface area contributed by atoms with Gasteiger partial charge in [0.15, 0.2) is 9.84 Å². The zero-order valence-corrected chi connectivity index (χ0v) is 17.7. The van der Waals surface area contributed by atoms with Gasteiger partial charge in [-0.15, -0.1) is 0 Å². The van der Waals surface area contributed by atoms with E-state index in [1.807, 2.05) is 0 Å². The number of hydrogen-bond acceptors (Lipinski definition) is 6. The number of sulfone groups is 1. The molecule has 0 saturated carbocycles. The summed E-state index contributed by atoms with van der Waals surface area (Å²) in [4.78, 5) is 29.6. The average molecular weight is 447 g/mol. The number of carbonyl (C=O) groups is 2. The summed E-state index contributed by atoms with van der Waals surface area (Å²) < 4.78 is 39.1. The van der Waals surface area contributed by atoms with Crippen molar-refractivity contribution in [2.75, 3.05) is 11.5 Å². The van der Waals surface area contributed by atoms with Crippen molar-refractivity contribution in [2.45, 2.75) is 31.3 Å². The van der Waals surface area contributed by atoms with Crippen molar-refractivity contribution in [1.29, 1.82) is 0 Å². The third-order valence-corrected chi connectivity index (χ3v) is 7.20. The van der Waals surface area contributed by atoms with Gasteiger partial charge in [-0.2, -0.15) is 5.10 Å². The maximum atomic E-state index is 13.8. The molecule has 0 spiro atoms. The van der Waals surface area contributed by atoms with Gasteiger partial charge in [0.05, 0.1) is 17.5 Å². The maximum Gasteiger partial charge on any atom is 0.268 e. The third kappa shape index (κ3) is 4.50. The fourth-order valence-electron chi connectivity index (χ4n) is 3.84. The van der Waals surface area contributed by atoms with Crippen molar-refractivity contribution < 1.29 is 22.4 Å². The number of halogens is 1. The number of amides is 2. The summed E-state index contributed by atoms with van der Waals surface area (Å²) in [7, 11) is -1.45. The zero-order chi connectivity index (χ0) is 22.2. The molecular weight excluding hydrogens is 425 g/mol. The lowest BCUT2D eigenvalue weighted by Gasteiger charge is -2.28. The van der Waals surface area contributed by atoms with Crippen LogP contribution >= 0.6 is 0 Å². The summed E-state index contributed by atoms with van der Waals surface area (Å²) in [5.74, 6) is -0.916. The predicted molar refractivity (Wildman–Crippen MR) is 110 cm³/mol. The number of benzene rings is 1. The van der Waals surface area contributed by atoms with Gasteiger partial charge in [0.1, 0.15) is 23.4 Å². The molecule has 1 aromatic heterocycles. The van der Waals surface area contributed by atoms with E-state index in [-0.39, 0.29) is 36.0 Å². The van der Waals surface area contributed by atoms with E-state index in [0.29, 0.717) is 17.8 Å². The number of hydrazone groups is 1. The van der Waals surface area contributed by atoms with Crippen LogP contribution in [0.2, 0.25) is 0 Å². The Balaban J connectivity index is 1.60. The Bertz CT molecular complexity index is 1160. The summed E-state index contributed by atoms with van der Waals surface area (Å²) in [5, 5.41) is 8.18. The van der Waals surface area contributed by atoms with Crippen molar-refractivity contribution in [1.82, 2.24) is 19.9 Å². The number of rotatable bonds is 5. The minimum absolute atomic E-state index is 0.000694. The monoisotopic (exact) mass is 447 g/mol. The third-order valence-electron chi connectivity index (χ3n) is 5.45. The Hall–Kier alpha value is -3.08. The van der Waals surface area contributed by atoms with Crippen LogP contribution in [0.15, 0.2) is 41.8 Å². The summed E-state index contributed by atoms with van der Waals surface area (Å²) >= 11 is 0. The standard InChI is InChI=1S/C20H22FN5O4S/c1-25-9-8-22-19(25)18(13-3-2-4-14(21)11-13)23-20(28)16-5-6-17(27)26(24-16)15-7-10-31(29,30)12-15/h2-4,8-9,11,15,18H,5-7,10,12H2,1H3,(H,23,28)/t15-,18-/m0/s1. The zero-order valence-electron chi connectivity index (χ0n) is 16.9. The number of hydrogen-bond donors (Lipinski definition) is 1. The molecule has 2 amide bonds. The van der Waals surface area contributed by atoms with E-state index >= 15 is 0 Å². The topological polar surface area (TPSA) is 114 Å². The molecule has 31 heavy (non-hydrogen) atoms. The minimum atomic E-state index is -3.21. The van der Waals surface area contributed by atoms with Gasteiger partial charge in [-0.05, 0) is 24.1 Å². The van der Waals surface area contributed by atoms with Gasteiger partial charge in [0.2, 0.25) is 5.91 Å². The fraction of sp³-hybridized carbons (Fsp3) is 0.400. The van der Waals surface area contributed by atoms with E-state index in [9.17, 15) is 22.4 Å². The fourth-order valence-corrected chi connectivity index (χ4v) is 5.53. The van der Waals surface area contributed by atoms with Crippen LogP contribution < -0.4 is 5.32 Å². The molecule has 1 fully saturated rings. The van der Waals surface area contributed by atoms with Crippen molar-refractivity contribution in [3.8, 4) is 0 Å². The number of nitrogens with one attached hydrogen (secondary N) is 1. The molecule has 2 aromatic rings. The van der Waals surface area contributed by atoms with Crippen LogP contribution in [0.25, 0.3) is 0 Å². The Kier molecular flexibility index (Phi) is 5.61. The molecule has 0 aliphatic carbocycles. The van der Waals surface area contributed by atoms with Gasteiger partial charge in [0.25, 0.3) is 5.91 Å². The average Bonchev–Trinajstić information content (AvgIpc) is 3.31. The SMILES string of the molecule is Cn1ccnc1[C@@H](NC(=O)C1=NN([C@H]2CCS(=O)(=O)C2)C(=O)CC1)c1cccc(F)c1. The van der Waals surface area contributed by atoms with Crippen LogP contribution in [-0.2, 0) is 26.5 Å². The number of carbonyl (C=O) groups excluding carboxylic acids is 2. The van der Waals surface area contributed by atoms with Gasteiger partial charge in [-0.25, -0.2) is 22.8 Å². The number of nitrogens with zero attached hydrogens (tertiary/aromatic N) is 4. The largest absolute Gasteiger partial charge is 0.337 e. The van der Waals surface area contributed by atoms with Gasteiger partial charge in [-0.1, -0.05) is 12.1 Å². The predicted octanol–water partition coefficient (Wildman–Crippen LogP) is 0.930. The van der Waals surface area contributed by atoms with Crippen molar-refractivity contribution in [3.63, 3.8) is 0 Å². The normalized spacial score (nSPS) is 21.6. The number of imidazole rings is 1. The molecule has 164 valence electrons. The first-order valence-corrected chi connectivity index (χ1v) is 11.7. The molecule has 2 aliphatic heterocycles. The molecular formula is C20H22FN5O4S. The van der Waals surface area contributed by atoms with Gasteiger partial charge < -0.3 is 9.88 Å². The summed E-state index contributed by atoms with van der Waals surface area (Å²) in [6.45, 7) is 0. The smallest absolute Gasteiger partial charge is 0.268 e. The van der Waals surface area contributed by atoms with Crippen molar-refractivity contribution >= 4 is 27.4 Å². The lowest BCUT2D eigenvalue weighted by atomic mass is 10.0. The molecule has 4 rings (SSSR count). The van der Waals surface area contributed by atoms with Crippen molar-refractivity contribution in [2.24, 2.45) is 12.1 Å². The number of aromatic nitrogens is 2. The molecule has 3 heterocycles. The van der Waals surface area contributed by atoms with E-state index in [0.717, 1.165) is 5.01 Å². The van der Waals surface area contributed by atoms with E-state index < -0.39 is 33.6 Å². The molecule has 1 N–H and O–H groups in total.